The first kappa shape index (κ1) is 20.1. The molecule has 1 aromatic carbocycles. The summed E-state index contributed by atoms with van der Waals surface area (Å²) in [5.41, 5.74) is 0.335. The Kier molecular flexibility index (Phi) is 5.47. The highest BCUT2D eigenvalue weighted by molar-refractivity contribution is 5.76. The zero-order valence-electron chi connectivity index (χ0n) is 17.6. The van der Waals surface area contributed by atoms with Gasteiger partial charge in [0.25, 0.3) is 0 Å². The molecule has 1 aromatic heterocycles. The zero-order chi connectivity index (χ0) is 20.5. The third-order valence-electron chi connectivity index (χ3n) is 6.04. The van der Waals surface area contributed by atoms with Crippen LogP contribution in [0.3, 0.4) is 0 Å². The van der Waals surface area contributed by atoms with Crippen LogP contribution < -0.4 is 0 Å². The lowest BCUT2D eigenvalue weighted by Crippen LogP contribution is -2.36. The Labute approximate surface area is 172 Å². The van der Waals surface area contributed by atoms with Gasteiger partial charge in [-0.25, -0.2) is 9.67 Å². The van der Waals surface area contributed by atoms with Crippen molar-refractivity contribution in [1.82, 2.24) is 19.7 Å². The summed E-state index contributed by atoms with van der Waals surface area (Å²) in [5, 5.41) is 15.2. The lowest BCUT2D eigenvalue weighted by Gasteiger charge is -2.26. The van der Waals surface area contributed by atoms with Gasteiger partial charge in [0.15, 0.2) is 5.82 Å². The van der Waals surface area contributed by atoms with Gasteiger partial charge >= 0.3 is 0 Å². The van der Waals surface area contributed by atoms with E-state index < -0.39 is 5.60 Å². The normalized spacial score (nSPS) is 18.9. The molecule has 2 heterocycles. The van der Waals surface area contributed by atoms with Crippen LogP contribution in [0.15, 0.2) is 30.3 Å². The Bertz CT molecular complexity index is 850. The molecule has 1 amide bonds. The Hall–Kier alpha value is -2.21. The number of hydrogen-bond donors (Lipinski definition) is 1. The summed E-state index contributed by atoms with van der Waals surface area (Å²) in [6.07, 6.45) is 6.55. The topological polar surface area (TPSA) is 71.2 Å². The van der Waals surface area contributed by atoms with E-state index in [2.05, 4.69) is 24.3 Å². The van der Waals surface area contributed by atoms with Crippen LogP contribution in [0, 0.1) is 0 Å². The largest absolute Gasteiger partial charge is 0.389 e. The van der Waals surface area contributed by atoms with Gasteiger partial charge in [0.1, 0.15) is 5.82 Å². The maximum Gasteiger partial charge on any atom is 0.222 e. The molecule has 0 bridgehead atoms. The molecule has 1 aliphatic heterocycles. The average molecular weight is 397 g/mol. The van der Waals surface area contributed by atoms with E-state index in [1.165, 1.54) is 5.56 Å². The van der Waals surface area contributed by atoms with Crippen LogP contribution in [0.1, 0.15) is 69.6 Å². The summed E-state index contributed by atoms with van der Waals surface area (Å²) in [4.78, 5) is 19.0. The van der Waals surface area contributed by atoms with Gasteiger partial charge in [0, 0.05) is 25.9 Å². The van der Waals surface area contributed by atoms with Crippen LogP contribution in [0.25, 0.3) is 0 Å². The van der Waals surface area contributed by atoms with E-state index in [0.717, 1.165) is 63.3 Å². The first-order valence-corrected chi connectivity index (χ1v) is 10.9. The van der Waals surface area contributed by atoms with Crippen LogP contribution in [-0.4, -0.2) is 49.4 Å². The fraction of sp³-hybridized carbons (Fsp3) is 0.609. The highest BCUT2D eigenvalue weighted by Crippen LogP contribution is 2.52. The van der Waals surface area contributed by atoms with Gasteiger partial charge in [-0.15, -0.1) is 0 Å². The summed E-state index contributed by atoms with van der Waals surface area (Å²) in [6, 6.07) is 10.5. The summed E-state index contributed by atoms with van der Waals surface area (Å²) >= 11 is 0. The van der Waals surface area contributed by atoms with E-state index in [1.807, 2.05) is 15.6 Å². The van der Waals surface area contributed by atoms with E-state index in [1.54, 1.807) is 13.8 Å². The van der Waals surface area contributed by atoms with Crippen LogP contribution in [0.4, 0.5) is 0 Å². The van der Waals surface area contributed by atoms with Crippen molar-refractivity contribution in [2.24, 2.45) is 0 Å². The number of nitrogens with zero attached hydrogens (tertiary/aromatic N) is 4. The van der Waals surface area contributed by atoms with Crippen molar-refractivity contribution in [2.45, 2.75) is 76.4 Å². The smallest absolute Gasteiger partial charge is 0.222 e. The Morgan fingerprint density at radius 3 is 2.59 bits per heavy atom. The van der Waals surface area contributed by atoms with Crippen molar-refractivity contribution >= 4 is 5.91 Å². The predicted molar refractivity (Wildman–Crippen MR) is 112 cm³/mol. The number of aliphatic hydroxyl groups is 1. The maximum atomic E-state index is 12.1. The Morgan fingerprint density at radius 1 is 1.17 bits per heavy atom. The number of carbonyl (C=O) groups excluding carboxylic acids is 1. The molecule has 2 aromatic rings. The standard InChI is InChI=1S/C23H32N4O2/c1-22(2,29)17-27-19(11-8-16-26-15-7-6-12-20(26)28)24-21(25-27)23(13-14-23)18-9-4-3-5-10-18/h3-5,9-10,29H,6-8,11-17H2,1-2H3. The molecule has 2 fully saturated rings. The number of piperidine rings is 1. The minimum Gasteiger partial charge on any atom is -0.389 e. The summed E-state index contributed by atoms with van der Waals surface area (Å²) < 4.78 is 1.89. The number of rotatable bonds is 8. The second-order valence-corrected chi connectivity index (χ2v) is 9.21. The summed E-state index contributed by atoms with van der Waals surface area (Å²) in [5.74, 6) is 2.06. The maximum absolute atomic E-state index is 12.1. The van der Waals surface area contributed by atoms with Crippen LogP contribution in [0.5, 0.6) is 0 Å². The van der Waals surface area contributed by atoms with E-state index in [-0.39, 0.29) is 11.3 Å². The molecule has 4 rings (SSSR count). The molecule has 6 heteroatoms. The molecular formula is C23H32N4O2. The molecule has 0 radical (unpaired) electrons. The number of benzene rings is 1. The van der Waals surface area contributed by atoms with Gasteiger partial charge in [-0.2, -0.15) is 5.10 Å². The molecule has 0 spiro atoms. The number of aryl methyl sites for hydroxylation is 1. The number of carbonyl (C=O) groups is 1. The second-order valence-electron chi connectivity index (χ2n) is 9.21. The third-order valence-corrected chi connectivity index (χ3v) is 6.04. The first-order chi connectivity index (χ1) is 13.9. The lowest BCUT2D eigenvalue weighted by molar-refractivity contribution is -0.133. The van der Waals surface area contributed by atoms with Crippen molar-refractivity contribution < 1.29 is 9.90 Å². The zero-order valence-corrected chi connectivity index (χ0v) is 17.6. The highest BCUT2D eigenvalue weighted by Gasteiger charge is 2.49. The van der Waals surface area contributed by atoms with Gasteiger partial charge in [-0.1, -0.05) is 30.3 Å². The highest BCUT2D eigenvalue weighted by atomic mass is 16.3. The average Bonchev–Trinajstić information content (AvgIpc) is 3.41. The molecule has 6 nitrogen and oxygen atoms in total. The van der Waals surface area contributed by atoms with Crippen LogP contribution in [0.2, 0.25) is 0 Å². The molecular weight excluding hydrogens is 364 g/mol. The number of aromatic nitrogens is 3. The quantitative estimate of drug-likeness (QED) is 0.744. The molecule has 0 unspecified atom stereocenters. The van der Waals surface area contributed by atoms with Crippen molar-refractivity contribution in [3.8, 4) is 0 Å². The van der Waals surface area contributed by atoms with Gasteiger partial charge in [-0.3, -0.25) is 4.79 Å². The van der Waals surface area contributed by atoms with Gasteiger partial charge in [0.2, 0.25) is 5.91 Å². The summed E-state index contributed by atoms with van der Waals surface area (Å²) in [6.45, 7) is 5.66. The van der Waals surface area contributed by atoms with Crippen LogP contribution >= 0.6 is 0 Å². The number of amides is 1. The molecule has 29 heavy (non-hydrogen) atoms. The Morgan fingerprint density at radius 2 is 1.93 bits per heavy atom. The summed E-state index contributed by atoms with van der Waals surface area (Å²) in [7, 11) is 0. The molecule has 1 aliphatic carbocycles. The molecule has 156 valence electrons. The van der Waals surface area contributed by atoms with Crippen molar-refractivity contribution in [2.75, 3.05) is 13.1 Å². The van der Waals surface area contributed by atoms with E-state index in [9.17, 15) is 9.90 Å². The third kappa shape index (κ3) is 4.53. The Balaban J connectivity index is 1.52. The van der Waals surface area contributed by atoms with Gasteiger partial charge in [-0.05, 0) is 51.5 Å². The van der Waals surface area contributed by atoms with E-state index >= 15 is 0 Å². The minimum absolute atomic E-state index is 0.0797. The van der Waals surface area contributed by atoms with E-state index in [0.29, 0.717) is 13.0 Å². The SMILES string of the molecule is CC(C)(O)Cn1nc(C2(c3ccccc3)CC2)nc1CCCN1CCCCC1=O. The van der Waals surface area contributed by atoms with Gasteiger partial charge in [0.05, 0.1) is 17.6 Å². The number of likely N-dealkylation sites (tertiary alicyclic amines) is 1. The van der Waals surface area contributed by atoms with Crippen molar-refractivity contribution in [3.63, 3.8) is 0 Å². The van der Waals surface area contributed by atoms with Crippen molar-refractivity contribution in [3.05, 3.63) is 47.5 Å². The lowest BCUT2D eigenvalue weighted by atomic mass is 9.95. The molecule has 1 N–H and O–H groups in total. The van der Waals surface area contributed by atoms with Crippen molar-refractivity contribution in [1.29, 1.82) is 0 Å². The molecule has 0 atom stereocenters. The fourth-order valence-electron chi connectivity index (χ4n) is 4.30. The second kappa shape index (κ2) is 7.90. The molecule has 2 aliphatic rings. The molecule has 1 saturated heterocycles. The van der Waals surface area contributed by atoms with Crippen LogP contribution in [-0.2, 0) is 23.2 Å². The fourth-order valence-corrected chi connectivity index (χ4v) is 4.30. The predicted octanol–water partition coefficient (Wildman–Crippen LogP) is 3.07. The van der Waals surface area contributed by atoms with E-state index in [4.69, 9.17) is 10.1 Å². The van der Waals surface area contributed by atoms with Gasteiger partial charge < -0.3 is 10.0 Å². The minimum atomic E-state index is -0.855. The monoisotopic (exact) mass is 396 g/mol. The number of hydrogen-bond acceptors (Lipinski definition) is 4. The molecule has 1 saturated carbocycles. The first-order valence-electron chi connectivity index (χ1n) is 10.9.